The van der Waals surface area contributed by atoms with Crippen LogP contribution in [0.1, 0.15) is 90.5 Å². The number of amides is 8. The van der Waals surface area contributed by atoms with Crippen LogP contribution in [-0.2, 0) is 65.2 Å². The summed E-state index contributed by atoms with van der Waals surface area (Å²) in [4.78, 5) is 144. The number of unbranched alkanes of at least 4 members (excludes halogenated alkanes) is 3. The molecule has 3 unspecified atom stereocenters. The maximum atomic E-state index is 15.1. The lowest BCUT2D eigenvalue weighted by atomic mass is 9.85. The SMILES string of the molecule is CC[C@H](C)[C@@H]1NC(=O)CNC(=O)[C@@H]2CC(=O)[C@H]([C@@H](C)[C@@H](O)CO)NC(=O)[C@@H]3C[C@@H](O)CN3C(=O)[C@H](CC(N)O)CC(=O)[C@H](CS(=O)c3[nH]c4cc(OCCCCCCN5C(=O)CC(SC)C5=O)ccc4c3C2)NC(=O)CNC1=O. The molecular weight excluding hydrogens is 1070 g/mol. The highest BCUT2D eigenvalue weighted by Gasteiger charge is 2.45. The van der Waals surface area contributed by atoms with Gasteiger partial charge in [-0.3, -0.25) is 57.1 Å². The number of aliphatic hydroxyl groups excluding tert-OH is 4. The number of thioether (sulfide) groups is 1. The topological polar surface area (TPSA) is 386 Å². The minimum Gasteiger partial charge on any atom is -0.494 e. The normalized spacial score (nSPS) is 28.0. The molecule has 0 radical (unpaired) electrons. The predicted octanol–water partition coefficient (Wildman–Crippen LogP) is -2.22. The molecule has 1 aromatic carbocycles. The molecule has 2 fully saturated rings. The minimum absolute atomic E-state index is 0.0548. The first kappa shape index (κ1) is 62.4. The second kappa shape index (κ2) is 28.5. The van der Waals surface area contributed by atoms with Crippen molar-refractivity contribution in [1.82, 2.24) is 41.4 Å². The Hall–Kier alpha value is -5.84. The zero-order valence-corrected chi connectivity index (χ0v) is 46.5. The minimum atomic E-state index is -2.32. The van der Waals surface area contributed by atoms with Gasteiger partial charge in [0, 0.05) is 68.0 Å². The van der Waals surface area contributed by atoms with Crippen LogP contribution < -0.4 is 37.1 Å². The summed E-state index contributed by atoms with van der Waals surface area (Å²) in [7, 11) is -2.32. The maximum Gasteiger partial charge on any atom is 0.243 e. The first-order valence-electron chi connectivity index (χ1n) is 26.8. The fraction of sp³-hybridized carbons (Fsp3) is 0.654. The summed E-state index contributed by atoms with van der Waals surface area (Å²) in [5, 5.41) is 55.0. The number of hydrogen-bond acceptors (Lipinski definition) is 18. The molecule has 13 atom stereocenters. The highest BCUT2D eigenvalue weighted by Crippen LogP contribution is 2.33. The van der Waals surface area contributed by atoms with Crippen LogP contribution in [-0.4, -0.2) is 197 Å². The molecular formula is C52H75N9O16S2. The second-order valence-electron chi connectivity index (χ2n) is 20.9. The fourth-order valence-corrected chi connectivity index (χ4v) is 12.5. The van der Waals surface area contributed by atoms with E-state index in [1.165, 1.54) is 23.6 Å². The second-order valence-corrected chi connectivity index (χ2v) is 23.4. The van der Waals surface area contributed by atoms with E-state index < -0.39 is 175 Å². The summed E-state index contributed by atoms with van der Waals surface area (Å²) in [6, 6.07) is -1.16. The van der Waals surface area contributed by atoms with E-state index in [-0.39, 0.29) is 53.5 Å². The lowest BCUT2D eigenvalue weighted by Gasteiger charge is -2.32. The van der Waals surface area contributed by atoms with Crippen molar-refractivity contribution in [1.29, 1.82) is 0 Å². The summed E-state index contributed by atoms with van der Waals surface area (Å²) in [6.07, 6.45) is -2.32. The molecule has 79 heavy (non-hydrogen) atoms. The third-order valence-corrected chi connectivity index (χ3v) is 17.6. The van der Waals surface area contributed by atoms with Gasteiger partial charge in [0.15, 0.2) is 11.6 Å². The monoisotopic (exact) mass is 1150 g/mol. The molecule has 4 aliphatic rings. The van der Waals surface area contributed by atoms with Gasteiger partial charge in [-0.15, -0.1) is 0 Å². The molecule has 4 aliphatic heterocycles. The van der Waals surface area contributed by atoms with Crippen LogP contribution in [0.4, 0.5) is 0 Å². The molecule has 1 aromatic heterocycles. The Balaban J connectivity index is 1.42. The molecule has 436 valence electrons. The number of hydrogen-bond donors (Lipinski definition) is 11. The zero-order valence-electron chi connectivity index (χ0n) is 44.9. The van der Waals surface area contributed by atoms with Gasteiger partial charge in [0.05, 0.1) is 77.9 Å². The number of aromatic nitrogens is 1. The molecule has 2 saturated heterocycles. The largest absolute Gasteiger partial charge is 0.494 e. The zero-order chi connectivity index (χ0) is 57.8. The maximum absolute atomic E-state index is 15.1. The molecule has 8 amide bonds. The molecule has 25 nitrogen and oxygen atoms in total. The number of nitrogens with one attached hydrogen (secondary N) is 6. The number of nitrogens with two attached hydrogens (primary N) is 1. The first-order valence-corrected chi connectivity index (χ1v) is 29.4. The van der Waals surface area contributed by atoms with Crippen molar-refractivity contribution >= 4 is 92.3 Å². The molecule has 2 bridgehead atoms. The third kappa shape index (κ3) is 16.0. The van der Waals surface area contributed by atoms with Crippen LogP contribution in [0.15, 0.2) is 23.2 Å². The molecule has 27 heteroatoms. The number of aromatic amines is 1. The number of benzene rings is 1. The number of rotatable bonds is 16. The quantitative estimate of drug-likeness (QED) is 0.0482. The van der Waals surface area contributed by atoms with E-state index in [2.05, 4.69) is 31.6 Å². The van der Waals surface area contributed by atoms with Crippen molar-refractivity contribution in [2.45, 2.75) is 144 Å². The number of likely N-dealkylation sites (tertiary alicyclic amines) is 1. The Morgan fingerprint density at radius 1 is 0.835 bits per heavy atom. The summed E-state index contributed by atoms with van der Waals surface area (Å²) in [6.45, 7) is 2.67. The van der Waals surface area contributed by atoms with Crippen molar-refractivity contribution in [3.63, 3.8) is 0 Å². The Morgan fingerprint density at radius 3 is 2.20 bits per heavy atom. The number of imide groups is 1. The van der Waals surface area contributed by atoms with Gasteiger partial charge < -0.3 is 67.4 Å². The molecule has 0 saturated carbocycles. The Labute approximate surface area is 463 Å². The number of carbonyl (C=O) groups excluding carboxylic acids is 10. The van der Waals surface area contributed by atoms with Crippen molar-refractivity contribution in [2.75, 3.05) is 51.4 Å². The van der Waals surface area contributed by atoms with E-state index in [0.717, 1.165) is 17.7 Å². The van der Waals surface area contributed by atoms with Crippen molar-refractivity contribution in [3.8, 4) is 5.75 Å². The number of Topliss-reactive ketones (excluding diaryl/α,β-unsaturated/α-hetero) is 2. The molecule has 5 heterocycles. The predicted molar refractivity (Wildman–Crippen MR) is 287 cm³/mol. The van der Waals surface area contributed by atoms with E-state index in [4.69, 9.17) is 10.5 Å². The molecule has 0 spiro atoms. The van der Waals surface area contributed by atoms with Crippen molar-refractivity contribution in [2.24, 2.45) is 29.4 Å². The smallest absolute Gasteiger partial charge is 0.243 e. The standard InChI is InChI=1S/C52H75N9O16S2/c1-5-26(2)45-49(73)55-21-42(68)56-35-25-79(76)50-33(32-11-10-31(19-34(32)57-50)77-13-9-7-6-8-12-60-44(70)20-40(78-4)52(60)75)14-28(47(71)54-22-43(69)58-45)15-38(65)46(27(3)39(66)24-62)59-48(72)36-18-30(63)23-61(36)51(74)29(16-37(35)64)17-41(53)67/h10-11,19,26-30,35-36,39-41,45-46,57,62-63,66-67H,5-9,12-18,20-25,53H2,1-4H3,(H,54,71)(H,55,73)(H,56,68)(H,58,69)(H,59,72)/t26-,27-,28-,29-,30+,35-,36-,39-,40?,41?,45-,46-,79?/m0/s1. The van der Waals surface area contributed by atoms with Crippen LogP contribution in [0.3, 0.4) is 0 Å². The van der Waals surface area contributed by atoms with Crippen LogP contribution in [0.2, 0.25) is 0 Å². The number of ether oxygens (including phenoxy) is 1. The first-order chi connectivity index (χ1) is 37.5. The third-order valence-electron chi connectivity index (χ3n) is 15.2. The van der Waals surface area contributed by atoms with Gasteiger partial charge in [-0.2, -0.15) is 11.8 Å². The number of H-pyrrole nitrogens is 1. The van der Waals surface area contributed by atoms with Crippen LogP contribution in [0.25, 0.3) is 10.9 Å². The van der Waals surface area contributed by atoms with Gasteiger partial charge in [-0.25, -0.2) is 0 Å². The van der Waals surface area contributed by atoms with E-state index >= 15 is 4.21 Å². The highest BCUT2D eigenvalue weighted by molar-refractivity contribution is 8.00. The Kier molecular flexibility index (Phi) is 22.5. The summed E-state index contributed by atoms with van der Waals surface area (Å²) in [5.74, 6) is -12.3. The highest BCUT2D eigenvalue weighted by atomic mass is 32.2. The average Bonchev–Trinajstić information content (AvgIpc) is 4.15. The lowest BCUT2D eigenvalue weighted by molar-refractivity contribution is -0.145. The number of nitrogens with zero attached hydrogens (tertiary/aromatic N) is 2. The Morgan fingerprint density at radius 2 is 1.53 bits per heavy atom. The van der Waals surface area contributed by atoms with Gasteiger partial charge in [0.1, 0.15) is 29.1 Å². The lowest BCUT2D eigenvalue weighted by Crippen LogP contribution is -2.56. The van der Waals surface area contributed by atoms with Gasteiger partial charge in [0.25, 0.3) is 0 Å². The van der Waals surface area contributed by atoms with Crippen molar-refractivity contribution in [3.05, 3.63) is 23.8 Å². The summed E-state index contributed by atoms with van der Waals surface area (Å²) < 4.78 is 21.2. The summed E-state index contributed by atoms with van der Waals surface area (Å²) >= 11 is 1.36. The summed E-state index contributed by atoms with van der Waals surface area (Å²) in [5.41, 5.74) is 6.34. The number of fused-ring (bicyclic) bond motifs is 5. The number of ketones is 2. The van der Waals surface area contributed by atoms with E-state index in [9.17, 15) is 68.4 Å². The molecule has 6 rings (SSSR count). The average molecular weight is 1150 g/mol. The van der Waals surface area contributed by atoms with Gasteiger partial charge in [0.2, 0.25) is 47.3 Å². The molecule has 0 aliphatic carbocycles. The van der Waals surface area contributed by atoms with Crippen molar-refractivity contribution < 1.29 is 77.3 Å². The van der Waals surface area contributed by atoms with Gasteiger partial charge in [-0.1, -0.05) is 40.0 Å². The number of carbonyl (C=O) groups is 10. The molecule has 2 aromatic rings. The van der Waals surface area contributed by atoms with E-state index in [1.807, 2.05) is 0 Å². The fourth-order valence-electron chi connectivity index (χ4n) is 10.4. The van der Waals surface area contributed by atoms with E-state index in [0.29, 0.717) is 42.5 Å². The Bertz CT molecular complexity index is 2630. The van der Waals surface area contributed by atoms with Crippen LogP contribution >= 0.6 is 11.8 Å². The van der Waals surface area contributed by atoms with E-state index in [1.54, 1.807) is 38.3 Å². The van der Waals surface area contributed by atoms with Gasteiger partial charge in [-0.05, 0) is 55.6 Å². The van der Waals surface area contributed by atoms with Gasteiger partial charge >= 0.3 is 0 Å². The molecule has 12 N–H and O–H groups in total. The number of aliphatic hydroxyl groups is 4. The van der Waals surface area contributed by atoms with Crippen LogP contribution in [0.5, 0.6) is 5.75 Å². The van der Waals surface area contributed by atoms with Crippen LogP contribution in [0, 0.1) is 23.7 Å².